The highest BCUT2D eigenvalue weighted by atomic mass is 32.2. The first-order chi connectivity index (χ1) is 10.2. The van der Waals surface area contributed by atoms with E-state index in [0.29, 0.717) is 12.8 Å². The van der Waals surface area contributed by atoms with E-state index in [1.54, 1.807) is 0 Å². The lowest BCUT2D eigenvalue weighted by atomic mass is 10.3. The number of amides is 1. The van der Waals surface area contributed by atoms with Crippen molar-refractivity contribution in [2.75, 3.05) is 13.1 Å². The Labute approximate surface area is 127 Å². The van der Waals surface area contributed by atoms with E-state index in [1.807, 2.05) is 0 Å². The van der Waals surface area contributed by atoms with Crippen molar-refractivity contribution in [3.8, 4) is 0 Å². The molecule has 10 heteroatoms. The molecular formula is C12H16N4O5S. The smallest absolute Gasteiger partial charge is 0.269 e. The molecule has 0 spiro atoms. The molecule has 0 unspecified atom stereocenters. The van der Waals surface area contributed by atoms with Crippen molar-refractivity contribution in [1.29, 1.82) is 0 Å². The third-order valence-electron chi connectivity index (χ3n) is 3.30. The van der Waals surface area contributed by atoms with Crippen LogP contribution in [0.5, 0.6) is 0 Å². The van der Waals surface area contributed by atoms with Crippen LogP contribution < -0.4 is 15.8 Å². The fourth-order valence-corrected chi connectivity index (χ4v) is 2.76. The van der Waals surface area contributed by atoms with Crippen molar-refractivity contribution in [2.45, 2.75) is 23.3 Å². The van der Waals surface area contributed by atoms with E-state index in [9.17, 15) is 23.3 Å². The highest BCUT2D eigenvalue weighted by Crippen LogP contribution is 2.31. The van der Waals surface area contributed by atoms with Gasteiger partial charge in [-0.1, -0.05) is 0 Å². The van der Waals surface area contributed by atoms with Crippen LogP contribution in [-0.2, 0) is 14.8 Å². The van der Waals surface area contributed by atoms with Crippen LogP contribution in [0, 0.1) is 10.1 Å². The van der Waals surface area contributed by atoms with Gasteiger partial charge in [0.25, 0.3) is 5.69 Å². The average molecular weight is 328 g/mol. The van der Waals surface area contributed by atoms with Crippen LogP contribution >= 0.6 is 0 Å². The second kappa shape index (κ2) is 5.99. The summed E-state index contributed by atoms with van der Waals surface area (Å²) in [5.41, 5.74) is 4.70. The molecule has 120 valence electrons. The second-order valence-corrected chi connectivity index (χ2v) is 6.83. The minimum atomic E-state index is -3.78. The summed E-state index contributed by atoms with van der Waals surface area (Å²) >= 11 is 0. The maximum atomic E-state index is 11.9. The van der Waals surface area contributed by atoms with Gasteiger partial charge < -0.3 is 11.1 Å². The van der Waals surface area contributed by atoms with Gasteiger partial charge in [-0.25, -0.2) is 13.1 Å². The number of non-ortho nitro benzene ring substituents is 1. The van der Waals surface area contributed by atoms with E-state index < -0.39 is 20.5 Å². The average Bonchev–Trinajstić information content (AvgIpc) is 3.22. The molecule has 1 aliphatic rings. The van der Waals surface area contributed by atoms with E-state index in [2.05, 4.69) is 10.0 Å². The summed E-state index contributed by atoms with van der Waals surface area (Å²) in [5.74, 6) is -0.290. The zero-order valence-electron chi connectivity index (χ0n) is 11.6. The minimum Gasteiger partial charge on any atom is -0.353 e. The molecule has 0 radical (unpaired) electrons. The number of nitrogens with one attached hydrogen (secondary N) is 2. The number of nitrogens with two attached hydrogens (primary N) is 1. The molecule has 4 N–H and O–H groups in total. The number of hydrogen-bond acceptors (Lipinski definition) is 6. The van der Waals surface area contributed by atoms with Crippen LogP contribution in [0.4, 0.5) is 5.69 Å². The molecular weight excluding hydrogens is 312 g/mol. The number of rotatable bonds is 7. The monoisotopic (exact) mass is 328 g/mol. The van der Waals surface area contributed by atoms with Crippen molar-refractivity contribution < 1.29 is 18.1 Å². The van der Waals surface area contributed by atoms with E-state index in [0.717, 1.165) is 24.3 Å². The molecule has 1 fully saturated rings. The maximum absolute atomic E-state index is 11.9. The summed E-state index contributed by atoms with van der Waals surface area (Å²) in [4.78, 5) is 21.4. The van der Waals surface area contributed by atoms with Gasteiger partial charge in [-0.3, -0.25) is 14.9 Å². The summed E-state index contributed by atoms with van der Waals surface area (Å²) in [6, 6.07) is 4.53. The van der Waals surface area contributed by atoms with Gasteiger partial charge in [0.05, 0.1) is 15.4 Å². The van der Waals surface area contributed by atoms with Crippen molar-refractivity contribution in [3.63, 3.8) is 0 Å². The molecule has 1 aromatic rings. The predicted octanol–water partition coefficient (Wildman–Crippen LogP) is -0.519. The SMILES string of the molecule is NC1(C(=O)NCCNS(=O)(=O)c2ccc([N+](=O)[O-])cc2)CC1. The van der Waals surface area contributed by atoms with Gasteiger partial charge in [0, 0.05) is 25.2 Å². The first-order valence-electron chi connectivity index (χ1n) is 6.56. The zero-order chi connectivity index (χ0) is 16.4. The van der Waals surface area contributed by atoms with Gasteiger partial charge >= 0.3 is 0 Å². The van der Waals surface area contributed by atoms with E-state index in [1.165, 1.54) is 0 Å². The normalized spacial score (nSPS) is 16.0. The summed E-state index contributed by atoms with van der Waals surface area (Å²) in [7, 11) is -3.78. The first-order valence-corrected chi connectivity index (χ1v) is 8.04. The number of nitrogens with zero attached hydrogens (tertiary/aromatic N) is 1. The van der Waals surface area contributed by atoms with Crippen molar-refractivity contribution in [3.05, 3.63) is 34.4 Å². The number of carbonyl (C=O) groups is 1. The van der Waals surface area contributed by atoms with Crippen molar-refractivity contribution in [1.82, 2.24) is 10.0 Å². The summed E-state index contributed by atoms with van der Waals surface area (Å²) in [5, 5.41) is 13.1. The maximum Gasteiger partial charge on any atom is 0.269 e. The van der Waals surface area contributed by atoms with Crippen LogP contribution in [0.15, 0.2) is 29.2 Å². The molecule has 1 aromatic carbocycles. The third kappa shape index (κ3) is 3.78. The molecule has 0 heterocycles. The quantitative estimate of drug-likeness (QED) is 0.349. The van der Waals surface area contributed by atoms with Gasteiger partial charge in [-0.2, -0.15) is 0 Å². The number of benzene rings is 1. The summed E-state index contributed by atoms with van der Waals surface area (Å²) < 4.78 is 26.2. The standard InChI is InChI=1S/C12H16N4O5S/c13-12(5-6-12)11(17)14-7-8-15-22(20,21)10-3-1-9(2-4-10)16(18)19/h1-4,15H,5-8,13H2,(H,14,17). The third-order valence-corrected chi connectivity index (χ3v) is 4.78. The number of nitro groups is 1. The molecule has 2 rings (SSSR count). The lowest BCUT2D eigenvalue weighted by Gasteiger charge is -2.11. The van der Waals surface area contributed by atoms with Crippen LogP contribution in [0.1, 0.15) is 12.8 Å². The Balaban J connectivity index is 1.85. The fraction of sp³-hybridized carbons (Fsp3) is 0.417. The summed E-state index contributed by atoms with van der Waals surface area (Å²) in [6.07, 6.45) is 1.26. The Kier molecular flexibility index (Phi) is 4.44. The molecule has 9 nitrogen and oxygen atoms in total. The molecule has 1 amide bonds. The fourth-order valence-electron chi connectivity index (χ4n) is 1.73. The molecule has 0 saturated heterocycles. The Bertz CT molecular complexity index is 682. The molecule has 0 aliphatic heterocycles. The lowest BCUT2D eigenvalue weighted by Crippen LogP contribution is -2.45. The van der Waals surface area contributed by atoms with Crippen LogP contribution in [0.3, 0.4) is 0 Å². The molecule has 0 atom stereocenters. The molecule has 0 bridgehead atoms. The van der Waals surface area contributed by atoms with Gasteiger partial charge in [-0.15, -0.1) is 0 Å². The number of hydrogen-bond donors (Lipinski definition) is 3. The largest absolute Gasteiger partial charge is 0.353 e. The Morgan fingerprint density at radius 1 is 1.27 bits per heavy atom. The van der Waals surface area contributed by atoms with Gasteiger partial charge in [-0.05, 0) is 25.0 Å². The van der Waals surface area contributed by atoms with Crippen LogP contribution in [0.25, 0.3) is 0 Å². The van der Waals surface area contributed by atoms with Crippen molar-refractivity contribution in [2.24, 2.45) is 5.73 Å². The molecule has 1 aliphatic carbocycles. The van der Waals surface area contributed by atoms with Gasteiger partial charge in [0.2, 0.25) is 15.9 Å². The Hall–Kier alpha value is -2.04. The van der Waals surface area contributed by atoms with Crippen LogP contribution in [0.2, 0.25) is 0 Å². The molecule has 1 saturated carbocycles. The van der Waals surface area contributed by atoms with E-state index in [-0.39, 0.29) is 29.6 Å². The number of carbonyl (C=O) groups excluding carboxylic acids is 1. The summed E-state index contributed by atoms with van der Waals surface area (Å²) in [6.45, 7) is 0.116. The molecule has 22 heavy (non-hydrogen) atoms. The lowest BCUT2D eigenvalue weighted by molar-refractivity contribution is -0.384. The molecule has 0 aromatic heterocycles. The van der Waals surface area contributed by atoms with Crippen LogP contribution in [-0.4, -0.2) is 37.9 Å². The van der Waals surface area contributed by atoms with Gasteiger partial charge in [0.15, 0.2) is 0 Å². The minimum absolute atomic E-state index is 0.00113. The second-order valence-electron chi connectivity index (χ2n) is 5.06. The van der Waals surface area contributed by atoms with E-state index >= 15 is 0 Å². The van der Waals surface area contributed by atoms with E-state index in [4.69, 9.17) is 5.73 Å². The first kappa shape index (κ1) is 16.3. The zero-order valence-corrected chi connectivity index (χ0v) is 12.4. The number of nitro benzene ring substituents is 1. The van der Waals surface area contributed by atoms with Crippen molar-refractivity contribution >= 4 is 21.6 Å². The van der Waals surface area contributed by atoms with Gasteiger partial charge in [0.1, 0.15) is 0 Å². The Morgan fingerprint density at radius 3 is 2.36 bits per heavy atom. The highest BCUT2D eigenvalue weighted by molar-refractivity contribution is 7.89. The topological polar surface area (TPSA) is 144 Å². The predicted molar refractivity (Wildman–Crippen MR) is 77.4 cm³/mol. The number of sulfonamides is 1. The highest BCUT2D eigenvalue weighted by Gasteiger charge is 2.45. The Morgan fingerprint density at radius 2 is 1.86 bits per heavy atom.